The normalized spacial score (nSPS) is 20.4. The Kier molecular flexibility index (Phi) is 19.2. The third-order valence-electron chi connectivity index (χ3n) is 9.95. The second kappa shape index (κ2) is 22.2. The van der Waals surface area contributed by atoms with Crippen LogP contribution in [0, 0.1) is 54.5 Å². The molecular formula is C44H67N2O6. The number of carbonyl (C=O) groups excluding carboxylic acids is 2. The highest BCUT2D eigenvalue weighted by atomic mass is 16.7. The summed E-state index contributed by atoms with van der Waals surface area (Å²) in [6.07, 6.45) is 25.1. The fourth-order valence-corrected chi connectivity index (χ4v) is 7.65. The van der Waals surface area contributed by atoms with E-state index in [0.29, 0.717) is 32.3 Å². The molecule has 2 saturated heterocycles. The summed E-state index contributed by atoms with van der Waals surface area (Å²) in [6, 6.07) is 0. The van der Waals surface area contributed by atoms with E-state index in [1.165, 1.54) is 32.1 Å². The second-order valence-corrected chi connectivity index (χ2v) is 16.7. The summed E-state index contributed by atoms with van der Waals surface area (Å²) in [5.74, 6) is 14.6. The zero-order valence-corrected chi connectivity index (χ0v) is 33.9. The molecule has 289 valence electrons. The van der Waals surface area contributed by atoms with Gasteiger partial charge in [-0.1, -0.05) is 64.7 Å². The van der Waals surface area contributed by atoms with Crippen LogP contribution in [0.15, 0.2) is 0 Å². The van der Waals surface area contributed by atoms with Crippen molar-refractivity contribution in [1.29, 1.82) is 0 Å². The number of carbonyl (C=O) groups is 2. The summed E-state index contributed by atoms with van der Waals surface area (Å²) in [4.78, 5) is 37.7. The van der Waals surface area contributed by atoms with Crippen molar-refractivity contribution >= 4 is 11.9 Å². The van der Waals surface area contributed by atoms with Gasteiger partial charge in [0.15, 0.2) is 6.11 Å². The molecule has 0 N–H and O–H groups in total. The van der Waals surface area contributed by atoms with Crippen LogP contribution < -0.4 is 0 Å². The van der Waals surface area contributed by atoms with Gasteiger partial charge in [-0.15, -0.1) is 11.5 Å². The average Bonchev–Trinajstić information content (AvgIpc) is 3.04. The molecule has 0 aromatic heterocycles. The standard InChI is InChI=1S/C44H67N2O6/c1-11-13-15-17-23-27-33-49-45-42(5,6)35-37(36-43(45,7)8)51-39(47)29-25-21-19-20-22-26-30-40(48)52-38-31-32-41(3,4)46(44(38,9)10)50-34-28-24-18-16-14-12-2/h1,31,37-38H,12,14,16,18-22,24-26,28-30,32,34-36H2,2-10H3. The fourth-order valence-electron chi connectivity index (χ4n) is 7.65. The van der Waals surface area contributed by atoms with Crippen molar-refractivity contribution in [1.82, 2.24) is 10.1 Å². The molecule has 0 saturated carbocycles. The van der Waals surface area contributed by atoms with E-state index in [2.05, 4.69) is 115 Å². The predicted octanol–water partition coefficient (Wildman–Crippen LogP) is 8.88. The highest BCUT2D eigenvalue weighted by Gasteiger charge is 2.51. The summed E-state index contributed by atoms with van der Waals surface area (Å²) in [7, 11) is 0. The Hall–Kier alpha value is -3.14. The van der Waals surface area contributed by atoms with E-state index in [4.69, 9.17) is 25.6 Å². The first-order valence-corrected chi connectivity index (χ1v) is 19.7. The molecule has 2 aliphatic rings. The summed E-state index contributed by atoms with van der Waals surface area (Å²) in [5.41, 5.74) is -1.44. The number of terminal acetylenes is 1. The molecule has 52 heavy (non-hydrogen) atoms. The molecule has 0 aromatic rings. The van der Waals surface area contributed by atoms with Crippen LogP contribution >= 0.6 is 0 Å². The molecule has 0 aromatic carbocycles. The first-order valence-electron chi connectivity index (χ1n) is 19.7. The minimum Gasteiger partial charge on any atom is -0.462 e. The summed E-state index contributed by atoms with van der Waals surface area (Å²) >= 11 is 0. The van der Waals surface area contributed by atoms with E-state index >= 15 is 0 Å². The average molecular weight is 720 g/mol. The molecule has 0 aliphatic carbocycles. The lowest BCUT2D eigenvalue weighted by atomic mass is 9.79. The van der Waals surface area contributed by atoms with Gasteiger partial charge in [0.05, 0.1) is 23.2 Å². The number of hydrogen-bond donors (Lipinski definition) is 0. The quantitative estimate of drug-likeness (QED) is 0.0702. The van der Waals surface area contributed by atoms with Crippen LogP contribution in [0.1, 0.15) is 171 Å². The Balaban J connectivity index is 1.64. The van der Waals surface area contributed by atoms with Gasteiger partial charge in [0.25, 0.3) is 0 Å². The number of ether oxygens (including phenoxy) is 2. The third kappa shape index (κ3) is 15.5. The van der Waals surface area contributed by atoms with Crippen LogP contribution in [-0.2, 0) is 28.7 Å². The Morgan fingerprint density at radius 2 is 1.19 bits per heavy atom. The van der Waals surface area contributed by atoms with Crippen molar-refractivity contribution in [3.05, 3.63) is 6.42 Å². The van der Waals surface area contributed by atoms with E-state index in [1.54, 1.807) is 0 Å². The van der Waals surface area contributed by atoms with Gasteiger partial charge in [-0.05, 0) is 98.8 Å². The first-order chi connectivity index (χ1) is 24.6. The van der Waals surface area contributed by atoms with Crippen molar-refractivity contribution in [2.75, 3.05) is 6.61 Å². The van der Waals surface area contributed by atoms with Crippen LogP contribution in [0.25, 0.3) is 0 Å². The minimum absolute atomic E-state index is 0.152. The summed E-state index contributed by atoms with van der Waals surface area (Å²) in [5, 5.41) is 3.94. The van der Waals surface area contributed by atoms with Crippen molar-refractivity contribution in [3.63, 3.8) is 0 Å². The number of nitrogens with zero attached hydrogens (tertiary/aromatic N) is 2. The van der Waals surface area contributed by atoms with Gasteiger partial charge >= 0.3 is 11.9 Å². The van der Waals surface area contributed by atoms with Crippen molar-refractivity contribution in [3.8, 4) is 48.1 Å². The van der Waals surface area contributed by atoms with E-state index in [9.17, 15) is 9.59 Å². The Morgan fingerprint density at radius 1 is 0.673 bits per heavy atom. The van der Waals surface area contributed by atoms with Gasteiger partial charge in [-0.25, -0.2) is 0 Å². The Morgan fingerprint density at radius 3 is 1.79 bits per heavy atom. The molecule has 1 radical (unpaired) electrons. The van der Waals surface area contributed by atoms with Crippen LogP contribution in [0.4, 0.5) is 0 Å². The highest BCUT2D eigenvalue weighted by molar-refractivity contribution is 5.70. The number of piperidine rings is 2. The van der Waals surface area contributed by atoms with E-state index in [1.807, 2.05) is 5.06 Å². The minimum atomic E-state index is -0.455. The molecule has 0 amide bonds. The fraction of sp³-hybridized carbons (Fsp3) is 0.750. The van der Waals surface area contributed by atoms with E-state index < -0.39 is 16.6 Å². The highest BCUT2D eigenvalue weighted by Crippen LogP contribution is 2.41. The molecular weight excluding hydrogens is 652 g/mol. The molecule has 8 heteroatoms. The molecule has 2 rings (SSSR count). The zero-order valence-electron chi connectivity index (χ0n) is 33.9. The van der Waals surface area contributed by atoms with Crippen molar-refractivity contribution in [2.45, 2.75) is 206 Å². The number of rotatable bonds is 20. The SMILES string of the molecule is C#CC#CC#CC#CON1C(C)(C)CC(OC(=O)CCCCCCCCC(=O)OC2[CH]CC(C)(C)N(OCCCCCCCC)C2(C)C)CC1(C)C. The molecule has 2 aliphatic heterocycles. The van der Waals surface area contributed by atoms with Crippen LogP contribution in [0.3, 0.4) is 0 Å². The van der Waals surface area contributed by atoms with Gasteiger partial charge in [0.2, 0.25) is 0 Å². The lowest BCUT2D eigenvalue weighted by Gasteiger charge is -2.54. The number of hydroxylamine groups is 4. The summed E-state index contributed by atoms with van der Waals surface area (Å²) < 4.78 is 11.9. The van der Waals surface area contributed by atoms with Gasteiger partial charge < -0.3 is 14.3 Å². The maximum Gasteiger partial charge on any atom is 0.306 e. The maximum absolute atomic E-state index is 12.8. The largest absolute Gasteiger partial charge is 0.462 e. The maximum atomic E-state index is 12.8. The number of esters is 2. The Labute approximate surface area is 317 Å². The zero-order chi connectivity index (χ0) is 38.7. The molecule has 2 fully saturated rings. The molecule has 1 atom stereocenters. The lowest BCUT2D eigenvalue weighted by Crippen LogP contribution is -2.65. The van der Waals surface area contributed by atoms with Crippen molar-refractivity contribution in [2.24, 2.45) is 0 Å². The van der Waals surface area contributed by atoms with Gasteiger partial charge in [-0.2, -0.15) is 5.06 Å². The Bertz CT molecular complexity index is 1340. The second-order valence-electron chi connectivity index (χ2n) is 16.7. The van der Waals surface area contributed by atoms with Crippen LogP contribution in [0.2, 0.25) is 0 Å². The predicted molar refractivity (Wildman–Crippen MR) is 207 cm³/mol. The number of unbranched alkanes of at least 4 members (excludes halogenated alkanes) is 10. The van der Waals surface area contributed by atoms with Gasteiger partial charge in [0.1, 0.15) is 12.2 Å². The molecule has 2 heterocycles. The molecule has 1 unspecified atom stereocenters. The van der Waals surface area contributed by atoms with E-state index in [-0.39, 0.29) is 29.7 Å². The molecule has 8 nitrogen and oxygen atoms in total. The monoisotopic (exact) mass is 719 g/mol. The first kappa shape index (κ1) is 45.0. The van der Waals surface area contributed by atoms with Crippen LogP contribution in [0.5, 0.6) is 0 Å². The van der Waals surface area contributed by atoms with Crippen molar-refractivity contribution < 1.29 is 28.7 Å². The third-order valence-corrected chi connectivity index (χ3v) is 9.95. The smallest absolute Gasteiger partial charge is 0.306 e. The van der Waals surface area contributed by atoms with Gasteiger partial charge in [-0.3, -0.25) is 14.4 Å². The number of hydrogen-bond acceptors (Lipinski definition) is 8. The van der Waals surface area contributed by atoms with Crippen LogP contribution in [-0.4, -0.2) is 63.0 Å². The molecule has 0 spiro atoms. The molecule has 0 bridgehead atoms. The lowest BCUT2D eigenvalue weighted by molar-refractivity contribution is -0.295. The summed E-state index contributed by atoms with van der Waals surface area (Å²) in [6.45, 7) is 19.7. The van der Waals surface area contributed by atoms with E-state index in [0.717, 1.165) is 51.4 Å². The topological polar surface area (TPSA) is 77.5 Å². The van der Waals surface area contributed by atoms with Gasteiger partial charge in [0, 0.05) is 55.4 Å².